The lowest BCUT2D eigenvalue weighted by atomic mass is 9.98. The van der Waals surface area contributed by atoms with Gasteiger partial charge in [-0.1, -0.05) is 0 Å². The molecule has 0 bridgehead atoms. The van der Waals surface area contributed by atoms with E-state index in [1.807, 2.05) is 0 Å². The minimum atomic E-state index is -0.377. The third-order valence-corrected chi connectivity index (χ3v) is 3.06. The number of rotatable bonds is 5. The van der Waals surface area contributed by atoms with Crippen molar-refractivity contribution in [2.75, 3.05) is 14.2 Å². The Labute approximate surface area is 122 Å². The second-order valence-electron chi connectivity index (χ2n) is 4.26. The summed E-state index contributed by atoms with van der Waals surface area (Å²) in [5.74, 6) is 2.65. The maximum Gasteiger partial charge on any atom is 0.204 e. The SMILES string of the molecule is COc1ccc(C(=O)C(=C=O)c2ccc(OC)cc2)cc1. The van der Waals surface area contributed by atoms with Crippen LogP contribution in [0.4, 0.5) is 0 Å². The van der Waals surface area contributed by atoms with Gasteiger partial charge in [-0.2, -0.15) is 0 Å². The van der Waals surface area contributed by atoms with Gasteiger partial charge in [-0.25, -0.2) is 4.79 Å². The molecule has 0 aliphatic rings. The Morgan fingerprint density at radius 2 is 1.24 bits per heavy atom. The average molecular weight is 282 g/mol. The first-order chi connectivity index (χ1) is 10.2. The van der Waals surface area contributed by atoms with Crippen LogP contribution in [0.1, 0.15) is 15.9 Å². The first kappa shape index (κ1) is 14.6. The van der Waals surface area contributed by atoms with E-state index in [9.17, 15) is 9.59 Å². The number of hydrogen-bond donors (Lipinski definition) is 0. The van der Waals surface area contributed by atoms with E-state index in [1.54, 1.807) is 68.7 Å². The highest BCUT2D eigenvalue weighted by molar-refractivity contribution is 6.35. The lowest BCUT2D eigenvalue weighted by Crippen LogP contribution is -2.03. The van der Waals surface area contributed by atoms with Gasteiger partial charge in [0.15, 0.2) is 0 Å². The molecule has 2 aromatic carbocycles. The number of carbonyl (C=O) groups excluding carboxylic acids is 2. The predicted octanol–water partition coefficient (Wildman–Crippen LogP) is 2.80. The van der Waals surface area contributed by atoms with Crippen molar-refractivity contribution in [2.45, 2.75) is 0 Å². The molecule has 0 heterocycles. The molecule has 106 valence electrons. The van der Waals surface area contributed by atoms with Crippen molar-refractivity contribution in [2.24, 2.45) is 0 Å². The summed E-state index contributed by atoms with van der Waals surface area (Å²) >= 11 is 0. The lowest BCUT2D eigenvalue weighted by Gasteiger charge is -2.06. The van der Waals surface area contributed by atoms with Crippen LogP contribution in [-0.2, 0) is 4.79 Å². The zero-order chi connectivity index (χ0) is 15.2. The number of ketones is 1. The van der Waals surface area contributed by atoms with E-state index in [-0.39, 0.29) is 11.4 Å². The largest absolute Gasteiger partial charge is 0.497 e. The molecule has 0 radical (unpaired) electrons. The minimum absolute atomic E-state index is 0.0113. The van der Waals surface area contributed by atoms with E-state index in [4.69, 9.17) is 9.47 Å². The Balaban J connectivity index is 2.31. The molecule has 0 aliphatic carbocycles. The fourth-order valence-corrected chi connectivity index (χ4v) is 1.88. The summed E-state index contributed by atoms with van der Waals surface area (Å²) in [4.78, 5) is 23.5. The van der Waals surface area contributed by atoms with E-state index in [1.165, 1.54) is 0 Å². The van der Waals surface area contributed by atoms with Gasteiger partial charge in [-0.3, -0.25) is 4.79 Å². The summed E-state index contributed by atoms with van der Waals surface area (Å²) < 4.78 is 10.1. The van der Waals surface area contributed by atoms with Gasteiger partial charge in [0.05, 0.1) is 14.2 Å². The summed E-state index contributed by atoms with van der Waals surface area (Å²) in [7, 11) is 3.10. The summed E-state index contributed by atoms with van der Waals surface area (Å²) in [5.41, 5.74) is 0.902. The number of benzene rings is 2. The van der Waals surface area contributed by atoms with Gasteiger partial charge in [-0.05, 0) is 54.1 Å². The molecule has 2 rings (SSSR count). The van der Waals surface area contributed by atoms with Gasteiger partial charge in [0.2, 0.25) is 5.78 Å². The minimum Gasteiger partial charge on any atom is -0.497 e. The Morgan fingerprint density at radius 1 is 0.810 bits per heavy atom. The monoisotopic (exact) mass is 282 g/mol. The number of carbonyl (C=O) groups is 1. The van der Waals surface area contributed by atoms with Gasteiger partial charge in [0.25, 0.3) is 0 Å². The number of Topliss-reactive ketones (excluding diaryl/α,β-unsaturated/α-hetero) is 1. The van der Waals surface area contributed by atoms with Crippen LogP contribution in [0.25, 0.3) is 5.57 Å². The number of hydrogen-bond acceptors (Lipinski definition) is 4. The molecule has 0 spiro atoms. The molecule has 0 saturated carbocycles. The molecule has 4 heteroatoms. The Bertz CT molecular complexity index is 678. The Hall–Kier alpha value is -2.84. The molecule has 2 aromatic rings. The van der Waals surface area contributed by atoms with Crippen molar-refractivity contribution in [3.8, 4) is 11.5 Å². The van der Waals surface area contributed by atoms with Crippen LogP contribution < -0.4 is 9.47 Å². The maximum atomic E-state index is 12.4. The molecule has 0 aliphatic heterocycles. The van der Waals surface area contributed by atoms with Crippen LogP contribution in [0.2, 0.25) is 0 Å². The van der Waals surface area contributed by atoms with E-state index < -0.39 is 0 Å². The molecule has 0 N–H and O–H groups in total. The summed E-state index contributed by atoms with van der Waals surface area (Å²) in [6.45, 7) is 0. The predicted molar refractivity (Wildman–Crippen MR) is 79.4 cm³/mol. The van der Waals surface area contributed by atoms with Crippen LogP contribution in [0.15, 0.2) is 48.5 Å². The molecule has 0 amide bonds. The first-order valence-electron chi connectivity index (χ1n) is 6.28. The normalized spacial score (nSPS) is 9.62. The van der Waals surface area contributed by atoms with Crippen molar-refractivity contribution in [1.29, 1.82) is 0 Å². The molecule has 0 atom stereocenters. The molecular formula is C17H14O4. The van der Waals surface area contributed by atoms with Gasteiger partial charge in [-0.15, -0.1) is 0 Å². The molecule has 0 aromatic heterocycles. The van der Waals surface area contributed by atoms with Crippen LogP contribution >= 0.6 is 0 Å². The molecule has 0 unspecified atom stereocenters. The van der Waals surface area contributed by atoms with Gasteiger partial charge in [0.1, 0.15) is 23.0 Å². The second-order valence-corrected chi connectivity index (χ2v) is 4.26. The smallest absolute Gasteiger partial charge is 0.204 e. The fraction of sp³-hybridized carbons (Fsp3) is 0.118. The van der Waals surface area contributed by atoms with Crippen molar-refractivity contribution in [3.63, 3.8) is 0 Å². The zero-order valence-electron chi connectivity index (χ0n) is 11.8. The third-order valence-electron chi connectivity index (χ3n) is 3.06. The van der Waals surface area contributed by atoms with Gasteiger partial charge in [0, 0.05) is 5.56 Å². The molecule has 4 nitrogen and oxygen atoms in total. The van der Waals surface area contributed by atoms with Crippen molar-refractivity contribution in [1.82, 2.24) is 0 Å². The number of allylic oxidation sites excluding steroid dienone is 1. The fourth-order valence-electron chi connectivity index (χ4n) is 1.88. The molecular weight excluding hydrogens is 268 g/mol. The topological polar surface area (TPSA) is 52.6 Å². The van der Waals surface area contributed by atoms with Crippen LogP contribution in [0.3, 0.4) is 0 Å². The quantitative estimate of drug-likeness (QED) is 0.481. The average Bonchev–Trinajstić information content (AvgIpc) is 2.56. The third kappa shape index (κ3) is 3.19. The van der Waals surface area contributed by atoms with Crippen molar-refractivity contribution >= 4 is 17.3 Å². The Kier molecular flexibility index (Phi) is 4.54. The highest BCUT2D eigenvalue weighted by Crippen LogP contribution is 2.21. The van der Waals surface area contributed by atoms with Crippen LogP contribution in [0.5, 0.6) is 11.5 Å². The van der Waals surface area contributed by atoms with Crippen molar-refractivity contribution in [3.05, 3.63) is 59.7 Å². The number of methoxy groups -OCH3 is 2. The first-order valence-corrected chi connectivity index (χ1v) is 6.28. The van der Waals surface area contributed by atoms with Crippen LogP contribution in [0, 0.1) is 0 Å². The Morgan fingerprint density at radius 3 is 1.62 bits per heavy atom. The summed E-state index contributed by atoms with van der Waals surface area (Å²) in [6, 6.07) is 13.3. The van der Waals surface area contributed by atoms with E-state index in [2.05, 4.69) is 0 Å². The standard InChI is InChI=1S/C17H14O4/c1-20-14-7-3-12(4-8-14)16(11-18)17(19)13-5-9-15(21-2)10-6-13/h3-10H,1-2H3. The van der Waals surface area contributed by atoms with Gasteiger partial charge >= 0.3 is 0 Å². The van der Waals surface area contributed by atoms with Crippen LogP contribution in [-0.4, -0.2) is 25.9 Å². The van der Waals surface area contributed by atoms with Gasteiger partial charge < -0.3 is 9.47 Å². The molecule has 21 heavy (non-hydrogen) atoms. The lowest BCUT2D eigenvalue weighted by molar-refractivity contribution is 0.105. The van der Waals surface area contributed by atoms with E-state index >= 15 is 0 Å². The zero-order valence-corrected chi connectivity index (χ0v) is 11.8. The second kappa shape index (κ2) is 6.55. The maximum absolute atomic E-state index is 12.4. The summed E-state index contributed by atoms with van der Waals surface area (Å²) in [5, 5.41) is 0. The van der Waals surface area contributed by atoms with E-state index in [0.717, 1.165) is 0 Å². The van der Waals surface area contributed by atoms with E-state index in [0.29, 0.717) is 22.6 Å². The highest BCUT2D eigenvalue weighted by Gasteiger charge is 2.16. The summed E-state index contributed by atoms with van der Waals surface area (Å²) in [6.07, 6.45) is 0. The number of ether oxygens (including phenoxy) is 2. The molecule has 0 saturated heterocycles. The van der Waals surface area contributed by atoms with Crippen molar-refractivity contribution < 1.29 is 19.1 Å². The highest BCUT2D eigenvalue weighted by atomic mass is 16.5. The molecule has 0 fully saturated rings.